The van der Waals surface area contributed by atoms with Crippen molar-refractivity contribution in [1.29, 1.82) is 0 Å². The molecule has 1 unspecified atom stereocenters. The van der Waals surface area contributed by atoms with Crippen molar-refractivity contribution in [3.8, 4) is 0 Å². The largest absolute Gasteiger partial charge is 0.390 e. The molecule has 1 aromatic heterocycles. The Labute approximate surface area is 84.1 Å². The maximum absolute atomic E-state index is 9.32. The summed E-state index contributed by atoms with van der Waals surface area (Å²) in [6, 6.07) is 0. The van der Waals surface area contributed by atoms with Crippen LogP contribution in [0.2, 0.25) is 0 Å². The highest BCUT2D eigenvalue weighted by atomic mass is 16.3. The number of aromatic nitrogens is 2. The van der Waals surface area contributed by atoms with Crippen LogP contribution >= 0.6 is 0 Å². The number of nitrogens with zero attached hydrogens (tertiary/aromatic N) is 3. The van der Waals surface area contributed by atoms with Gasteiger partial charge in [-0.15, -0.1) is 0 Å². The Balaban J connectivity index is 2.37. The van der Waals surface area contributed by atoms with Crippen molar-refractivity contribution in [3.63, 3.8) is 0 Å². The molecule has 5 nitrogen and oxygen atoms in total. The van der Waals surface area contributed by atoms with E-state index in [1.165, 1.54) is 0 Å². The summed E-state index contributed by atoms with van der Waals surface area (Å²) < 4.78 is 1.77. The second-order valence-corrected chi connectivity index (χ2v) is 3.61. The summed E-state index contributed by atoms with van der Waals surface area (Å²) >= 11 is 0. The summed E-state index contributed by atoms with van der Waals surface area (Å²) in [5, 5.41) is 13.4. The van der Waals surface area contributed by atoms with E-state index in [-0.39, 0.29) is 0 Å². The smallest absolute Gasteiger partial charge is 0.0789 e. The van der Waals surface area contributed by atoms with Crippen molar-refractivity contribution in [2.45, 2.75) is 12.6 Å². The lowest BCUT2D eigenvalue weighted by molar-refractivity contribution is 0.129. The summed E-state index contributed by atoms with van der Waals surface area (Å²) in [7, 11) is 3.84. The van der Waals surface area contributed by atoms with Gasteiger partial charge >= 0.3 is 0 Å². The number of aryl methyl sites for hydroxylation is 1. The van der Waals surface area contributed by atoms with Crippen molar-refractivity contribution in [3.05, 3.63) is 18.0 Å². The molecule has 0 aliphatic rings. The zero-order valence-electron chi connectivity index (χ0n) is 8.72. The van der Waals surface area contributed by atoms with Gasteiger partial charge in [-0.25, -0.2) is 0 Å². The van der Waals surface area contributed by atoms with Crippen molar-refractivity contribution in [2.24, 2.45) is 12.8 Å². The molecule has 0 spiro atoms. The molecular formula is C9H18N4O. The van der Waals surface area contributed by atoms with Crippen LogP contribution in [-0.4, -0.2) is 46.0 Å². The predicted molar refractivity (Wildman–Crippen MR) is 54.6 cm³/mol. The fourth-order valence-electron chi connectivity index (χ4n) is 1.36. The Kier molecular flexibility index (Phi) is 4.06. The zero-order chi connectivity index (χ0) is 10.6. The third kappa shape index (κ3) is 3.45. The molecule has 0 aromatic carbocycles. The van der Waals surface area contributed by atoms with Gasteiger partial charge < -0.3 is 10.8 Å². The molecule has 1 heterocycles. The van der Waals surface area contributed by atoms with E-state index in [1.54, 1.807) is 4.68 Å². The molecule has 0 aliphatic heterocycles. The molecule has 5 heteroatoms. The van der Waals surface area contributed by atoms with Gasteiger partial charge in [-0.1, -0.05) is 0 Å². The highest BCUT2D eigenvalue weighted by Gasteiger charge is 2.07. The van der Waals surface area contributed by atoms with Crippen LogP contribution < -0.4 is 5.73 Å². The fourth-order valence-corrected chi connectivity index (χ4v) is 1.36. The monoisotopic (exact) mass is 198 g/mol. The van der Waals surface area contributed by atoms with Crippen LogP contribution in [0.25, 0.3) is 0 Å². The highest BCUT2D eigenvalue weighted by Crippen LogP contribution is 2.01. The minimum Gasteiger partial charge on any atom is -0.390 e. The van der Waals surface area contributed by atoms with E-state index in [4.69, 9.17) is 5.73 Å². The Bertz CT molecular complexity index is 274. The molecule has 1 aromatic rings. The van der Waals surface area contributed by atoms with Gasteiger partial charge in [0.05, 0.1) is 12.3 Å². The van der Waals surface area contributed by atoms with Gasteiger partial charge in [-0.2, -0.15) is 5.10 Å². The topological polar surface area (TPSA) is 67.3 Å². The van der Waals surface area contributed by atoms with Crippen molar-refractivity contribution < 1.29 is 5.11 Å². The quantitative estimate of drug-likeness (QED) is 0.648. The maximum Gasteiger partial charge on any atom is 0.0789 e. The average molecular weight is 198 g/mol. The maximum atomic E-state index is 9.32. The Hall–Kier alpha value is -0.910. The summed E-state index contributed by atoms with van der Waals surface area (Å²) in [6.07, 6.45) is 3.34. The summed E-state index contributed by atoms with van der Waals surface area (Å²) in [5.41, 5.74) is 6.46. The first-order valence-corrected chi connectivity index (χ1v) is 4.66. The van der Waals surface area contributed by atoms with Gasteiger partial charge in [0.2, 0.25) is 0 Å². The lowest BCUT2D eigenvalue weighted by Crippen LogP contribution is -2.33. The normalized spacial score (nSPS) is 13.5. The van der Waals surface area contributed by atoms with Gasteiger partial charge in [0.25, 0.3) is 0 Å². The number of nitrogens with two attached hydrogens (primary N) is 1. The molecule has 80 valence electrons. The van der Waals surface area contributed by atoms with Gasteiger partial charge in [0.1, 0.15) is 0 Å². The third-order valence-electron chi connectivity index (χ3n) is 2.01. The zero-order valence-corrected chi connectivity index (χ0v) is 8.72. The SMILES string of the molecule is CN(Cc1cnn(C)c1)CC(O)CN. The Morgan fingerprint density at radius 1 is 1.71 bits per heavy atom. The minimum absolute atomic E-state index is 0.303. The molecule has 0 radical (unpaired) electrons. The number of likely N-dealkylation sites (N-methyl/N-ethyl adjacent to an activating group) is 1. The van der Waals surface area contributed by atoms with E-state index < -0.39 is 6.10 Å². The molecular weight excluding hydrogens is 180 g/mol. The van der Waals surface area contributed by atoms with E-state index in [0.29, 0.717) is 13.1 Å². The number of hydrogen-bond donors (Lipinski definition) is 2. The van der Waals surface area contributed by atoms with Crippen LogP contribution in [0.5, 0.6) is 0 Å². The number of aliphatic hydroxyl groups excluding tert-OH is 1. The first-order valence-electron chi connectivity index (χ1n) is 4.66. The van der Waals surface area contributed by atoms with Crippen LogP contribution in [0.1, 0.15) is 5.56 Å². The van der Waals surface area contributed by atoms with E-state index in [2.05, 4.69) is 5.10 Å². The van der Waals surface area contributed by atoms with Gasteiger partial charge in [-0.05, 0) is 7.05 Å². The molecule has 0 amide bonds. The van der Waals surface area contributed by atoms with E-state index >= 15 is 0 Å². The van der Waals surface area contributed by atoms with Gasteiger partial charge in [-0.3, -0.25) is 9.58 Å². The van der Waals surface area contributed by atoms with Crippen molar-refractivity contribution in [2.75, 3.05) is 20.1 Å². The van der Waals surface area contributed by atoms with Crippen molar-refractivity contribution in [1.82, 2.24) is 14.7 Å². The molecule has 1 rings (SSSR count). The van der Waals surface area contributed by atoms with Crippen LogP contribution in [0.4, 0.5) is 0 Å². The summed E-state index contributed by atoms with van der Waals surface area (Å²) in [5.74, 6) is 0. The van der Waals surface area contributed by atoms with Crippen molar-refractivity contribution >= 4 is 0 Å². The van der Waals surface area contributed by atoms with E-state index in [9.17, 15) is 5.11 Å². The van der Waals surface area contributed by atoms with Gasteiger partial charge in [0, 0.05) is 38.4 Å². The Morgan fingerprint density at radius 3 is 2.93 bits per heavy atom. The number of hydrogen-bond acceptors (Lipinski definition) is 4. The molecule has 0 aliphatic carbocycles. The first kappa shape index (κ1) is 11.2. The lowest BCUT2D eigenvalue weighted by Gasteiger charge is -2.18. The van der Waals surface area contributed by atoms with Crippen LogP contribution in [-0.2, 0) is 13.6 Å². The number of rotatable bonds is 5. The van der Waals surface area contributed by atoms with Gasteiger partial charge in [0.15, 0.2) is 0 Å². The highest BCUT2D eigenvalue weighted by molar-refractivity contribution is 5.02. The summed E-state index contributed by atoms with van der Waals surface area (Å²) in [4.78, 5) is 2.02. The van der Waals surface area contributed by atoms with Crippen LogP contribution in [0.15, 0.2) is 12.4 Å². The predicted octanol–water partition coefficient (Wildman–Crippen LogP) is -0.828. The lowest BCUT2D eigenvalue weighted by atomic mass is 10.3. The molecule has 3 N–H and O–H groups in total. The minimum atomic E-state index is -0.448. The fraction of sp³-hybridized carbons (Fsp3) is 0.667. The molecule has 0 fully saturated rings. The molecule has 0 saturated carbocycles. The molecule has 0 bridgehead atoms. The third-order valence-corrected chi connectivity index (χ3v) is 2.01. The van der Waals surface area contributed by atoms with Crippen LogP contribution in [0, 0.1) is 0 Å². The second kappa shape index (κ2) is 5.09. The Morgan fingerprint density at radius 2 is 2.43 bits per heavy atom. The van der Waals surface area contributed by atoms with Crippen LogP contribution in [0.3, 0.4) is 0 Å². The first-order chi connectivity index (χ1) is 6.61. The molecule has 14 heavy (non-hydrogen) atoms. The number of aliphatic hydroxyl groups is 1. The second-order valence-electron chi connectivity index (χ2n) is 3.61. The summed E-state index contributed by atoms with van der Waals surface area (Å²) in [6.45, 7) is 1.67. The standard InChI is InChI=1S/C9H18N4O/c1-12(7-9(14)3-10)5-8-4-11-13(2)6-8/h4,6,9,14H,3,5,7,10H2,1-2H3. The molecule has 1 atom stereocenters. The average Bonchev–Trinajstić information content (AvgIpc) is 2.50. The van der Waals surface area contributed by atoms with E-state index in [0.717, 1.165) is 12.1 Å². The van der Waals surface area contributed by atoms with E-state index in [1.807, 2.05) is 31.4 Å². The molecule has 0 saturated heterocycles.